The summed E-state index contributed by atoms with van der Waals surface area (Å²) in [5, 5.41) is 3.59. The van der Waals surface area contributed by atoms with Crippen molar-refractivity contribution in [2.24, 2.45) is 0 Å². The van der Waals surface area contributed by atoms with E-state index in [4.69, 9.17) is 0 Å². The number of anilines is 1. The number of imide groups is 1. The van der Waals surface area contributed by atoms with Crippen molar-refractivity contribution >= 4 is 40.4 Å². The number of hydrogen-bond donors (Lipinski definition) is 0. The summed E-state index contributed by atoms with van der Waals surface area (Å²) < 4.78 is 0. The van der Waals surface area contributed by atoms with Crippen LogP contribution in [0.1, 0.15) is 24.9 Å². The highest BCUT2D eigenvalue weighted by atomic mass is 32.1. The normalized spacial score (nSPS) is 10.6. The molecule has 0 atom stereocenters. The van der Waals surface area contributed by atoms with E-state index in [9.17, 15) is 9.59 Å². The van der Waals surface area contributed by atoms with E-state index in [-0.39, 0.29) is 5.95 Å². The molecule has 0 fully saturated rings. The molecule has 0 N–H and O–H groups in total. The third-order valence-electron chi connectivity index (χ3n) is 4.06. The van der Waals surface area contributed by atoms with Crippen LogP contribution in [-0.2, 0) is 0 Å². The number of aryl methyl sites for hydroxylation is 1. The summed E-state index contributed by atoms with van der Waals surface area (Å²) in [6.07, 6.45) is 1.56. The molecule has 4 aromatic rings. The Balaban J connectivity index is 1.78. The van der Waals surface area contributed by atoms with Crippen molar-refractivity contribution in [3.8, 4) is 11.3 Å². The second kappa shape index (κ2) is 7.84. The molecule has 5 nitrogen and oxygen atoms in total. The Morgan fingerprint density at radius 1 is 0.857 bits per heavy atom. The monoisotopic (exact) mass is 405 g/mol. The van der Waals surface area contributed by atoms with Crippen LogP contribution in [0.4, 0.5) is 5.95 Å². The smallest absolute Gasteiger partial charge is 0.267 e. The molecule has 1 aromatic carbocycles. The fraction of sp³-hybridized carbons (Fsp3) is 0.0476. The van der Waals surface area contributed by atoms with E-state index in [2.05, 4.69) is 9.97 Å². The van der Waals surface area contributed by atoms with E-state index in [1.807, 2.05) is 31.2 Å². The third-order valence-corrected chi connectivity index (χ3v) is 5.78. The van der Waals surface area contributed by atoms with Gasteiger partial charge in [-0.2, -0.15) is 0 Å². The average Bonchev–Trinajstić information content (AvgIpc) is 3.43. The molecule has 3 heterocycles. The minimum absolute atomic E-state index is 0.0647. The summed E-state index contributed by atoms with van der Waals surface area (Å²) in [5.74, 6) is -0.807. The van der Waals surface area contributed by atoms with E-state index in [0.29, 0.717) is 15.4 Å². The predicted octanol–water partition coefficient (Wildman–Crippen LogP) is 5.06. The first-order valence-electron chi connectivity index (χ1n) is 8.49. The Labute approximate surface area is 170 Å². The SMILES string of the molecule is Cc1ccc(-c2ccnc(N(C(=O)c3cccs3)C(=O)c3cccs3)n2)cc1. The van der Waals surface area contributed by atoms with Crippen LogP contribution in [0.25, 0.3) is 11.3 Å². The van der Waals surface area contributed by atoms with Crippen LogP contribution in [0.3, 0.4) is 0 Å². The largest absolute Gasteiger partial charge is 0.277 e. The van der Waals surface area contributed by atoms with Gasteiger partial charge in [0.1, 0.15) is 0 Å². The first-order chi connectivity index (χ1) is 13.6. The highest BCUT2D eigenvalue weighted by Crippen LogP contribution is 2.24. The van der Waals surface area contributed by atoms with Gasteiger partial charge in [-0.15, -0.1) is 22.7 Å². The van der Waals surface area contributed by atoms with Crippen LogP contribution in [-0.4, -0.2) is 21.8 Å². The zero-order valence-electron chi connectivity index (χ0n) is 14.9. The van der Waals surface area contributed by atoms with Gasteiger partial charge in [-0.25, -0.2) is 14.9 Å². The van der Waals surface area contributed by atoms with E-state index in [1.165, 1.54) is 22.7 Å². The summed E-state index contributed by atoms with van der Waals surface area (Å²) in [4.78, 5) is 36.9. The molecule has 7 heteroatoms. The molecular weight excluding hydrogens is 390 g/mol. The second-order valence-electron chi connectivity index (χ2n) is 6.01. The lowest BCUT2D eigenvalue weighted by atomic mass is 10.1. The van der Waals surface area contributed by atoms with Gasteiger partial charge in [-0.05, 0) is 35.9 Å². The molecule has 2 amide bonds. The van der Waals surface area contributed by atoms with E-state index in [0.717, 1.165) is 16.0 Å². The van der Waals surface area contributed by atoms with Crippen LogP contribution < -0.4 is 4.90 Å². The topological polar surface area (TPSA) is 63.2 Å². The van der Waals surface area contributed by atoms with Gasteiger partial charge < -0.3 is 0 Å². The number of thiophene rings is 2. The second-order valence-corrected chi connectivity index (χ2v) is 7.90. The minimum atomic E-state index is -0.436. The zero-order valence-corrected chi connectivity index (χ0v) is 16.5. The predicted molar refractivity (Wildman–Crippen MR) is 112 cm³/mol. The van der Waals surface area contributed by atoms with Gasteiger partial charge in [0.2, 0.25) is 5.95 Å². The quantitative estimate of drug-likeness (QED) is 0.445. The van der Waals surface area contributed by atoms with E-state index < -0.39 is 11.8 Å². The van der Waals surface area contributed by atoms with Crippen LogP contribution >= 0.6 is 22.7 Å². The molecule has 4 rings (SSSR count). The number of benzene rings is 1. The van der Waals surface area contributed by atoms with Gasteiger partial charge in [0.15, 0.2) is 0 Å². The van der Waals surface area contributed by atoms with Crippen LogP contribution in [0.5, 0.6) is 0 Å². The Kier molecular flexibility index (Phi) is 5.10. The number of rotatable bonds is 4. The number of carbonyl (C=O) groups is 2. The van der Waals surface area contributed by atoms with Gasteiger partial charge in [-0.3, -0.25) is 9.59 Å². The molecule has 28 heavy (non-hydrogen) atoms. The summed E-state index contributed by atoms with van der Waals surface area (Å²) in [7, 11) is 0. The van der Waals surface area contributed by atoms with Crippen molar-refractivity contribution in [2.75, 3.05) is 4.90 Å². The summed E-state index contributed by atoms with van der Waals surface area (Å²) >= 11 is 2.55. The van der Waals surface area contributed by atoms with E-state index >= 15 is 0 Å². The maximum Gasteiger partial charge on any atom is 0.277 e. The number of aromatic nitrogens is 2. The number of hydrogen-bond acceptors (Lipinski definition) is 6. The van der Waals surface area contributed by atoms with Crippen molar-refractivity contribution in [1.82, 2.24) is 9.97 Å². The molecule has 0 bridgehead atoms. The fourth-order valence-corrected chi connectivity index (χ4v) is 3.94. The van der Waals surface area contributed by atoms with Gasteiger partial charge in [0, 0.05) is 11.8 Å². The Morgan fingerprint density at radius 2 is 1.46 bits per heavy atom. The molecule has 0 radical (unpaired) electrons. The molecule has 0 aliphatic heterocycles. The molecular formula is C21H15N3O2S2. The van der Waals surface area contributed by atoms with Crippen molar-refractivity contribution < 1.29 is 9.59 Å². The summed E-state index contributed by atoms with van der Waals surface area (Å²) in [5.41, 5.74) is 2.68. The van der Waals surface area contributed by atoms with Crippen LogP contribution in [0.15, 0.2) is 71.6 Å². The first kappa shape index (κ1) is 18.2. The van der Waals surface area contributed by atoms with Crippen molar-refractivity contribution in [1.29, 1.82) is 0 Å². The maximum atomic E-state index is 13.1. The fourth-order valence-electron chi connectivity index (χ4n) is 2.64. The Morgan fingerprint density at radius 3 is 2.00 bits per heavy atom. The highest BCUT2D eigenvalue weighted by Gasteiger charge is 2.29. The van der Waals surface area contributed by atoms with Crippen molar-refractivity contribution in [2.45, 2.75) is 6.92 Å². The van der Waals surface area contributed by atoms with E-state index in [1.54, 1.807) is 47.3 Å². The molecule has 0 saturated carbocycles. The van der Waals surface area contributed by atoms with Gasteiger partial charge in [0.25, 0.3) is 11.8 Å². The lowest BCUT2D eigenvalue weighted by Crippen LogP contribution is -2.37. The summed E-state index contributed by atoms with van der Waals surface area (Å²) in [6.45, 7) is 2.01. The van der Waals surface area contributed by atoms with Gasteiger partial charge >= 0.3 is 0 Å². The van der Waals surface area contributed by atoms with Crippen LogP contribution in [0, 0.1) is 6.92 Å². The Bertz CT molecular complexity index is 1060. The zero-order chi connectivity index (χ0) is 19.5. The Hall–Kier alpha value is -3.16. The standard InChI is InChI=1S/C21H15N3O2S2/c1-14-6-8-15(9-7-14)16-10-11-22-21(23-16)24(19(25)17-4-2-12-27-17)20(26)18-5-3-13-28-18/h2-13H,1H3. The number of carbonyl (C=O) groups excluding carboxylic acids is 2. The van der Waals surface area contributed by atoms with Crippen molar-refractivity contribution in [3.63, 3.8) is 0 Å². The van der Waals surface area contributed by atoms with Gasteiger partial charge in [-0.1, -0.05) is 42.0 Å². The first-order valence-corrected chi connectivity index (χ1v) is 10.3. The summed E-state index contributed by atoms with van der Waals surface area (Å²) in [6, 6.07) is 16.6. The highest BCUT2D eigenvalue weighted by molar-refractivity contribution is 7.13. The van der Waals surface area contributed by atoms with Crippen molar-refractivity contribution in [3.05, 3.63) is 86.9 Å². The molecule has 0 saturated heterocycles. The number of nitrogens with zero attached hydrogens (tertiary/aromatic N) is 3. The molecule has 138 valence electrons. The molecule has 0 aliphatic rings. The van der Waals surface area contributed by atoms with Crippen LogP contribution in [0.2, 0.25) is 0 Å². The maximum absolute atomic E-state index is 13.1. The molecule has 3 aromatic heterocycles. The number of amides is 2. The van der Waals surface area contributed by atoms with Gasteiger partial charge in [0.05, 0.1) is 15.4 Å². The molecule has 0 spiro atoms. The lowest BCUT2D eigenvalue weighted by Gasteiger charge is -2.18. The lowest BCUT2D eigenvalue weighted by molar-refractivity contribution is 0.0900. The minimum Gasteiger partial charge on any atom is -0.267 e. The molecule has 0 unspecified atom stereocenters. The average molecular weight is 406 g/mol. The third kappa shape index (κ3) is 3.62. The molecule has 0 aliphatic carbocycles.